The summed E-state index contributed by atoms with van der Waals surface area (Å²) in [4.78, 5) is 31.5. The molecule has 3 amide bonds. The maximum Gasteiger partial charge on any atom is 0.321 e. The third-order valence-corrected chi connectivity index (χ3v) is 4.06. The molecule has 2 N–H and O–H groups in total. The molecule has 0 saturated heterocycles. The fourth-order valence-corrected chi connectivity index (χ4v) is 2.67. The summed E-state index contributed by atoms with van der Waals surface area (Å²) in [6, 6.07) is 8.43. The van der Waals surface area contributed by atoms with E-state index in [0.717, 1.165) is 11.8 Å². The quantitative estimate of drug-likeness (QED) is 0.611. The van der Waals surface area contributed by atoms with Crippen molar-refractivity contribution in [3.05, 3.63) is 42.7 Å². The smallest absolute Gasteiger partial charge is 0.321 e. The lowest BCUT2D eigenvalue weighted by atomic mass is 10.2. The molecule has 0 saturated carbocycles. The van der Waals surface area contributed by atoms with Crippen molar-refractivity contribution in [1.82, 2.24) is 20.6 Å². The van der Waals surface area contributed by atoms with Crippen LogP contribution in [-0.4, -0.2) is 46.9 Å². The number of benzene rings is 1. The molecule has 1 aliphatic rings. The minimum absolute atomic E-state index is 0.0495. The lowest BCUT2D eigenvalue weighted by Gasteiger charge is -2.26. The molecule has 0 spiro atoms. The van der Waals surface area contributed by atoms with E-state index in [1.54, 1.807) is 24.5 Å². The Balaban J connectivity index is 1.37. The van der Waals surface area contributed by atoms with E-state index in [-0.39, 0.29) is 18.4 Å². The standard InChI is InChI=1S/C16H16N4O4S/c21-14(10-25-16-17-6-3-7-18-16)20-15(22)19-8-11-9-23-12-4-1-2-5-13(12)24-11/h1-7,11H,8-10H2,(H2,19,20,21,22)/t11-/m1/s1. The number of urea groups is 1. The number of amides is 3. The van der Waals surface area contributed by atoms with Crippen LogP contribution in [0.1, 0.15) is 0 Å². The van der Waals surface area contributed by atoms with E-state index < -0.39 is 11.9 Å². The second-order valence-electron chi connectivity index (χ2n) is 5.08. The number of ether oxygens (including phenoxy) is 2. The van der Waals surface area contributed by atoms with Crippen molar-refractivity contribution in [2.45, 2.75) is 11.3 Å². The van der Waals surface area contributed by atoms with Gasteiger partial charge in [0.1, 0.15) is 6.61 Å². The first-order valence-corrected chi connectivity index (χ1v) is 8.55. The molecule has 8 nitrogen and oxygen atoms in total. The third-order valence-electron chi connectivity index (χ3n) is 3.19. The van der Waals surface area contributed by atoms with Crippen LogP contribution < -0.4 is 20.1 Å². The van der Waals surface area contributed by atoms with Crippen molar-refractivity contribution in [3.8, 4) is 11.5 Å². The first-order valence-electron chi connectivity index (χ1n) is 7.56. The molecule has 1 aliphatic heterocycles. The topological polar surface area (TPSA) is 102 Å². The van der Waals surface area contributed by atoms with Gasteiger partial charge in [-0.3, -0.25) is 10.1 Å². The van der Waals surface area contributed by atoms with Crippen molar-refractivity contribution in [2.24, 2.45) is 0 Å². The van der Waals surface area contributed by atoms with Crippen LogP contribution in [0.4, 0.5) is 4.79 Å². The minimum atomic E-state index is -0.581. The number of fused-ring (bicyclic) bond motifs is 1. The average molecular weight is 360 g/mol. The number of rotatable bonds is 5. The lowest BCUT2D eigenvalue weighted by Crippen LogP contribution is -2.46. The molecular formula is C16H16N4O4S. The predicted molar refractivity (Wildman–Crippen MR) is 90.7 cm³/mol. The Morgan fingerprint density at radius 3 is 2.72 bits per heavy atom. The number of para-hydroxylation sites is 2. The molecule has 2 aromatic rings. The van der Waals surface area contributed by atoms with E-state index in [1.165, 1.54) is 0 Å². The maximum absolute atomic E-state index is 11.8. The Morgan fingerprint density at radius 1 is 1.16 bits per heavy atom. The second kappa shape index (κ2) is 8.34. The molecule has 9 heteroatoms. The zero-order chi connectivity index (χ0) is 17.5. The van der Waals surface area contributed by atoms with E-state index in [2.05, 4.69) is 20.6 Å². The van der Waals surface area contributed by atoms with E-state index in [4.69, 9.17) is 9.47 Å². The molecule has 0 unspecified atom stereocenters. The van der Waals surface area contributed by atoms with Crippen LogP contribution in [0.5, 0.6) is 11.5 Å². The SMILES string of the molecule is O=C(CSc1ncccn1)NC(=O)NC[C@@H]1COc2ccccc2O1. The van der Waals surface area contributed by atoms with E-state index >= 15 is 0 Å². The number of nitrogens with zero attached hydrogens (tertiary/aromatic N) is 2. The number of carbonyl (C=O) groups is 2. The molecule has 1 atom stereocenters. The zero-order valence-electron chi connectivity index (χ0n) is 13.2. The maximum atomic E-state index is 11.8. The van der Waals surface area contributed by atoms with Gasteiger partial charge in [-0.25, -0.2) is 14.8 Å². The van der Waals surface area contributed by atoms with Gasteiger partial charge in [-0.2, -0.15) is 0 Å². The molecule has 130 valence electrons. The highest BCUT2D eigenvalue weighted by atomic mass is 32.2. The van der Waals surface area contributed by atoms with E-state index in [9.17, 15) is 9.59 Å². The molecule has 0 fully saturated rings. The van der Waals surface area contributed by atoms with Crippen LogP contribution in [0, 0.1) is 0 Å². The summed E-state index contributed by atoms with van der Waals surface area (Å²) < 4.78 is 11.3. The predicted octanol–water partition coefficient (Wildman–Crippen LogP) is 1.23. The number of carbonyl (C=O) groups excluding carboxylic acids is 2. The Kier molecular flexibility index (Phi) is 5.68. The molecule has 2 heterocycles. The average Bonchev–Trinajstić information content (AvgIpc) is 2.65. The van der Waals surface area contributed by atoms with Crippen LogP contribution in [-0.2, 0) is 4.79 Å². The molecule has 0 radical (unpaired) electrons. The van der Waals surface area contributed by atoms with Crippen molar-refractivity contribution < 1.29 is 19.1 Å². The molecule has 0 bridgehead atoms. The number of hydrogen-bond acceptors (Lipinski definition) is 7. The summed E-state index contributed by atoms with van der Waals surface area (Å²) in [5, 5.41) is 5.32. The van der Waals surface area contributed by atoms with Gasteiger partial charge < -0.3 is 14.8 Å². The van der Waals surface area contributed by atoms with Gasteiger partial charge in [0.2, 0.25) is 5.91 Å². The highest BCUT2D eigenvalue weighted by Gasteiger charge is 2.21. The van der Waals surface area contributed by atoms with Crippen molar-refractivity contribution in [1.29, 1.82) is 0 Å². The Labute approximate surface area is 148 Å². The monoisotopic (exact) mass is 360 g/mol. The van der Waals surface area contributed by atoms with Gasteiger partial charge in [-0.05, 0) is 18.2 Å². The van der Waals surface area contributed by atoms with Gasteiger partial charge in [-0.1, -0.05) is 23.9 Å². The zero-order valence-corrected chi connectivity index (χ0v) is 14.0. The largest absolute Gasteiger partial charge is 0.486 e. The van der Waals surface area contributed by atoms with Gasteiger partial charge in [0.05, 0.1) is 12.3 Å². The summed E-state index contributed by atoms with van der Waals surface area (Å²) >= 11 is 1.15. The first kappa shape index (κ1) is 17.0. The Hall–Kier alpha value is -2.81. The van der Waals surface area contributed by atoms with E-state index in [1.807, 2.05) is 18.2 Å². The molecule has 3 rings (SSSR count). The Bertz CT molecular complexity index is 744. The number of thioether (sulfide) groups is 1. The van der Waals surface area contributed by atoms with Crippen molar-refractivity contribution in [3.63, 3.8) is 0 Å². The molecule has 1 aromatic heterocycles. The molecule has 25 heavy (non-hydrogen) atoms. The highest BCUT2D eigenvalue weighted by molar-refractivity contribution is 7.99. The van der Waals surface area contributed by atoms with Gasteiger partial charge in [0.25, 0.3) is 0 Å². The number of nitrogens with one attached hydrogen (secondary N) is 2. The van der Waals surface area contributed by atoms with E-state index in [0.29, 0.717) is 23.3 Å². The molecule has 1 aromatic carbocycles. The molecular weight excluding hydrogens is 344 g/mol. The summed E-state index contributed by atoms with van der Waals surface area (Å²) in [7, 11) is 0. The van der Waals surface area contributed by atoms with Gasteiger partial charge in [-0.15, -0.1) is 0 Å². The summed E-state index contributed by atoms with van der Waals surface area (Å²) in [6.07, 6.45) is 2.86. The number of hydrogen-bond donors (Lipinski definition) is 2. The highest BCUT2D eigenvalue weighted by Crippen LogP contribution is 2.30. The van der Waals surface area contributed by atoms with Crippen molar-refractivity contribution in [2.75, 3.05) is 18.9 Å². The Morgan fingerprint density at radius 2 is 1.92 bits per heavy atom. The van der Waals surface area contributed by atoms with Crippen molar-refractivity contribution >= 4 is 23.7 Å². The summed E-state index contributed by atoms with van der Waals surface area (Å²) in [6.45, 7) is 0.550. The van der Waals surface area contributed by atoms with Crippen LogP contribution in [0.15, 0.2) is 47.9 Å². The fraction of sp³-hybridized carbons (Fsp3) is 0.250. The summed E-state index contributed by atoms with van der Waals surface area (Å²) in [5.74, 6) is 0.935. The lowest BCUT2D eigenvalue weighted by molar-refractivity contribution is -0.117. The summed E-state index contributed by atoms with van der Waals surface area (Å²) in [5.41, 5.74) is 0. The van der Waals surface area contributed by atoms with Gasteiger partial charge in [0.15, 0.2) is 22.8 Å². The van der Waals surface area contributed by atoms with Crippen LogP contribution >= 0.6 is 11.8 Å². The van der Waals surface area contributed by atoms with Crippen LogP contribution in [0.3, 0.4) is 0 Å². The number of aromatic nitrogens is 2. The van der Waals surface area contributed by atoms with Crippen LogP contribution in [0.25, 0.3) is 0 Å². The normalized spacial score (nSPS) is 15.3. The van der Waals surface area contributed by atoms with Crippen LogP contribution in [0.2, 0.25) is 0 Å². The first-order chi connectivity index (χ1) is 12.2. The second-order valence-corrected chi connectivity index (χ2v) is 6.02. The number of imide groups is 1. The third kappa shape index (κ3) is 5.08. The van der Waals surface area contributed by atoms with Gasteiger partial charge in [0, 0.05) is 12.4 Å². The molecule has 0 aliphatic carbocycles. The minimum Gasteiger partial charge on any atom is -0.486 e. The fourth-order valence-electron chi connectivity index (χ4n) is 2.07. The van der Waals surface area contributed by atoms with Gasteiger partial charge >= 0.3 is 6.03 Å².